The number of aryl methyl sites for hydroxylation is 1. The lowest BCUT2D eigenvalue weighted by Crippen LogP contribution is -2.26. The molecule has 21 heavy (non-hydrogen) atoms. The number of carbonyl (C=O) groups excluding carboxylic acids is 1. The molecule has 1 N–H and O–H groups in total. The monoisotopic (exact) mass is 295 g/mol. The van der Waals surface area contributed by atoms with Crippen LogP contribution in [0.5, 0.6) is 5.75 Å². The van der Waals surface area contributed by atoms with Gasteiger partial charge < -0.3 is 14.5 Å². The van der Waals surface area contributed by atoms with E-state index in [1.165, 1.54) is 18.4 Å². The summed E-state index contributed by atoms with van der Waals surface area (Å²) in [5.74, 6) is 0.298. The Kier molecular flexibility index (Phi) is 4.57. The number of alkyl halides is 2. The lowest BCUT2D eigenvalue weighted by atomic mass is 10.1. The van der Waals surface area contributed by atoms with Gasteiger partial charge in [0, 0.05) is 0 Å². The zero-order valence-corrected chi connectivity index (χ0v) is 11.6. The molecule has 0 aliphatic heterocycles. The summed E-state index contributed by atoms with van der Waals surface area (Å²) < 4.78 is 33.8. The minimum atomic E-state index is -2.88. The van der Waals surface area contributed by atoms with Crippen LogP contribution < -0.4 is 10.1 Å². The molecule has 0 saturated carbocycles. The van der Waals surface area contributed by atoms with Gasteiger partial charge in [-0.15, -0.1) is 0 Å². The maximum atomic E-state index is 12.2. The molecule has 0 saturated heterocycles. The summed E-state index contributed by atoms with van der Waals surface area (Å²) in [5.41, 5.74) is 1.12. The van der Waals surface area contributed by atoms with E-state index in [0.29, 0.717) is 16.9 Å². The second kappa shape index (κ2) is 6.39. The van der Waals surface area contributed by atoms with Crippen molar-refractivity contribution in [3.63, 3.8) is 0 Å². The first kappa shape index (κ1) is 15.0. The number of amides is 1. The number of hydrogen-bond donors (Lipinski definition) is 1. The van der Waals surface area contributed by atoms with Crippen LogP contribution in [0, 0.1) is 6.92 Å². The second-order valence-electron chi connectivity index (χ2n) is 4.54. The van der Waals surface area contributed by atoms with E-state index in [0.717, 1.165) is 0 Å². The molecule has 4 nitrogen and oxygen atoms in total. The molecule has 0 fully saturated rings. The number of ether oxygens (including phenoxy) is 1. The summed E-state index contributed by atoms with van der Waals surface area (Å²) in [6.07, 6.45) is 1.44. The third kappa shape index (κ3) is 3.81. The van der Waals surface area contributed by atoms with Crippen molar-refractivity contribution < 1.29 is 22.7 Å². The lowest BCUT2D eigenvalue weighted by molar-refractivity contribution is -0.0499. The molecule has 112 valence electrons. The molecule has 6 heteroatoms. The summed E-state index contributed by atoms with van der Waals surface area (Å²) in [6.45, 7) is 0.574. The third-order valence-electron chi connectivity index (χ3n) is 3.03. The Bertz CT molecular complexity index is 625. The van der Waals surface area contributed by atoms with Crippen LogP contribution in [0.1, 0.15) is 34.6 Å². The molecule has 1 atom stereocenters. The molecular formula is C15H15F2NO3. The van der Waals surface area contributed by atoms with E-state index < -0.39 is 6.61 Å². The maximum Gasteiger partial charge on any atom is 0.387 e. The Morgan fingerprint density at radius 1 is 1.33 bits per heavy atom. The van der Waals surface area contributed by atoms with Gasteiger partial charge in [-0.1, -0.05) is 12.1 Å². The lowest BCUT2D eigenvalue weighted by Gasteiger charge is -2.15. The Morgan fingerprint density at radius 3 is 2.71 bits per heavy atom. The molecule has 0 unspecified atom stereocenters. The van der Waals surface area contributed by atoms with Crippen molar-refractivity contribution in [2.75, 3.05) is 0 Å². The van der Waals surface area contributed by atoms with Gasteiger partial charge in [0.1, 0.15) is 11.5 Å². The van der Waals surface area contributed by atoms with Crippen molar-refractivity contribution in [2.45, 2.75) is 26.5 Å². The summed E-state index contributed by atoms with van der Waals surface area (Å²) in [7, 11) is 0. The third-order valence-corrected chi connectivity index (χ3v) is 3.03. The van der Waals surface area contributed by atoms with Gasteiger partial charge in [0.05, 0.1) is 17.9 Å². The van der Waals surface area contributed by atoms with Crippen LogP contribution in [0.3, 0.4) is 0 Å². The van der Waals surface area contributed by atoms with Gasteiger partial charge in [0.25, 0.3) is 5.91 Å². The highest BCUT2D eigenvalue weighted by molar-refractivity contribution is 5.95. The average Bonchev–Trinajstić information content (AvgIpc) is 2.84. The largest absolute Gasteiger partial charge is 0.469 e. The highest BCUT2D eigenvalue weighted by atomic mass is 19.3. The van der Waals surface area contributed by atoms with E-state index in [1.807, 2.05) is 0 Å². The first-order valence-corrected chi connectivity index (χ1v) is 6.37. The number of hydrogen-bond acceptors (Lipinski definition) is 3. The highest BCUT2D eigenvalue weighted by Crippen LogP contribution is 2.21. The number of benzene rings is 1. The first-order valence-electron chi connectivity index (χ1n) is 6.37. The minimum Gasteiger partial charge on any atom is -0.469 e. The smallest absolute Gasteiger partial charge is 0.387 e. The molecule has 2 rings (SSSR count). The number of rotatable bonds is 5. The van der Waals surface area contributed by atoms with E-state index in [-0.39, 0.29) is 17.7 Å². The number of halogens is 2. The van der Waals surface area contributed by atoms with E-state index >= 15 is 0 Å². The minimum absolute atomic E-state index is 0.0584. The fourth-order valence-corrected chi connectivity index (χ4v) is 1.94. The van der Waals surface area contributed by atoms with E-state index in [1.54, 1.807) is 32.0 Å². The van der Waals surface area contributed by atoms with Crippen molar-refractivity contribution >= 4 is 5.91 Å². The molecule has 0 bridgehead atoms. The predicted molar refractivity (Wildman–Crippen MR) is 72.4 cm³/mol. The molecule has 0 radical (unpaired) electrons. The zero-order valence-electron chi connectivity index (χ0n) is 11.6. The molecule has 1 aromatic carbocycles. The standard InChI is InChI=1S/C15H15F2NO3/c1-9(18-14(19)13-6-7-20-10(13)2)11-4-3-5-12(8-11)21-15(16)17/h3-9,15H,1-2H3,(H,18,19)/t9-/m0/s1. The highest BCUT2D eigenvalue weighted by Gasteiger charge is 2.15. The quantitative estimate of drug-likeness (QED) is 0.915. The average molecular weight is 295 g/mol. The topological polar surface area (TPSA) is 51.5 Å². The number of nitrogens with one attached hydrogen (secondary N) is 1. The number of furan rings is 1. The predicted octanol–water partition coefficient (Wildman–Crippen LogP) is 3.68. The Balaban J connectivity index is 2.08. The maximum absolute atomic E-state index is 12.2. The Labute approximate surface area is 120 Å². The van der Waals surface area contributed by atoms with Gasteiger partial charge in [-0.25, -0.2) is 0 Å². The van der Waals surface area contributed by atoms with Crippen LogP contribution in [-0.4, -0.2) is 12.5 Å². The molecule has 0 spiro atoms. The molecule has 1 amide bonds. The summed E-state index contributed by atoms with van der Waals surface area (Å²) in [6, 6.07) is 7.45. The van der Waals surface area contributed by atoms with E-state index in [9.17, 15) is 13.6 Å². The van der Waals surface area contributed by atoms with Crippen molar-refractivity contribution in [3.05, 3.63) is 53.5 Å². The van der Waals surface area contributed by atoms with Crippen LogP contribution >= 0.6 is 0 Å². The Hall–Kier alpha value is -2.37. The van der Waals surface area contributed by atoms with E-state index in [4.69, 9.17) is 4.42 Å². The van der Waals surface area contributed by atoms with Gasteiger partial charge in [-0.05, 0) is 37.6 Å². The molecular weight excluding hydrogens is 280 g/mol. The van der Waals surface area contributed by atoms with Crippen molar-refractivity contribution in [1.82, 2.24) is 5.32 Å². The summed E-state index contributed by atoms with van der Waals surface area (Å²) in [5, 5.41) is 2.78. The van der Waals surface area contributed by atoms with Gasteiger partial charge in [0.2, 0.25) is 0 Å². The van der Waals surface area contributed by atoms with E-state index in [2.05, 4.69) is 10.1 Å². The van der Waals surface area contributed by atoms with Crippen molar-refractivity contribution in [1.29, 1.82) is 0 Å². The van der Waals surface area contributed by atoms with Crippen LogP contribution in [0.4, 0.5) is 8.78 Å². The van der Waals surface area contributed by atoms with Crippen LogP contribution in [0.2, 0.25) is 0 Å². The van der Waals surface area contributed by atoms with Gasteiger partial charge in [-0.2, -0.15) is 8.78 Å². The summed E-state index contributed by atoms with van der Waals surface area (Å²) in [4.78, 5) is 12.1. The normalized spacial score (nSPS) is 12.2. The van der Waals surface area contributed by atoms with Crippen molar-refractivity contribution in [3.8, 4) is 5.75 Å². The van der Waals surface area contributed by atoms with Crippen molar-refractivity contribution in [2.24, 2.45) is 0 Å². The second-order valence-corrected chi connectivity index (χ2v) is 4.54. The van der Waals surface area contributed by atoms with Gasteiger partial charge in [-0.3, -0.25) is 4.79 Å². The molecule has 2 aromatic rings. The SMILES string of the molecule is Cc1occc1C(=O)N[C@@H](C)c1cccc(OC(F)F)c1. The molecule has 0 aliphatic rings. The van der Waals surface area contributed by atoms with Crippen LogP contribution in [-0.2, 0) is 0 Å². The van der Waals surface area contributed by atoms with Crippen LogP contribution in [0.25, 0.3) is 0 Å². The molecule has 1 aromatic heterocycles. The fraction of sp³-hybridized carbons (Fsp3) is 0.267. The molecule has 1 heterocycles. The molecule has 0 aliphatic carbocycles. The fourth-order valence-electron chi connectivity index (χ4n) is 1.94. The zero-order chi connectivity index (χ0) is 15.4. The number of carbonyl (C=O) groups is 1. The van der Waals surface area contributed by atoms with Gasteiger partial charge >= 0.3 is 6.61 Å². The summed E-state index contributed by atoms with van der Waals surface area (Å²) >= 11 is 0. The first-order chi connectivity index (χ1) is 9.97. The van der Waals surface area contributed by atoms with Crippen LogP contribution in [0.15, 0.2) is 41.0 Å². The van der Waals surface area contributed by atoms with Gasteiger partial charge in [0.15, 0.2) is 0 Å². The Morgan fingerprint density at radius 2 is 2.10 bits per heavy atom.